The quantitative estimate of drug-likeness (QED) is 0.133. The number of methoxy groups -OCH3 is 3. The molecule has 6 nitrogen and oxygen atoms in total. The summed E-state index contributed by atoms with van der Waals surface area (Å²) in [6.07, 6.45) is 2.90. The topological polar surface area (TPSA) is 60.4 Å². The minimum Gasteiger partial charge on any atom is -0.497 e. The molecule has 216 valence electrons. The third kappa shape index (κ3) is 6.52. The molecule has 0 saturated carbocycles. The minimum atomic E-state index is -0.284. The van der Waals surface area contributed by atoms with E-state index in [1.54, 1.807) is 33.5 Å². The highest BCUT2D eigenvalue weighted by Gasteiger charge is 2.48. The molecule has 42 heavy (non-hydrogen) atoms. The van der Waals surface area contributed by atoms with E-state index < -0.39 is 0 Å². The van der Waals surface area contributed by atoms with E-state index in [2.05, 4.69) is 4.99 Å². The summed E-state index contributed by atoms with van der Waals surface area (Å²) in [5.74, 6) is 1.17. The van der Waals surface area contributed by atoms with Crippen LogP contribution in [0, 0.1) is 11.7 Å². The van der Waals surface area contributed by atoms with E-state index in [4.69, 9.17) is 14.2 Å². The first-order valence-corrected chi connectivity index (χ1v) is 14.0. The van der Waals surface area contributed by atoms with Crippen LogP contribution in [0.1, 0.15) is 47.2 Å². The van der Waals surface area contributed by atoms with Gasteiger partial charge in [-0.15, -0.1) is 0 Å². The average molecular weight is 567 g/mol. The van der Waals surface area contributed by atoms with Crippen molar-refractivity contribution in [1.82, 2.24) is 0 Å². The van der Waals surface area contributed by atoms with Crippen LogP contribution in [0.2, 0.25) is 0 Å². The van der Waals surface area contributed by atoms with Crippen LogP contribution in [0.25, 0.3) is 0 Å². The van der Waals surface area contributed by atoms with Crippen molar-refractivity contribution < 1.29 is 23.4 Å². The van der Waals surface area contributed by atoms with Crippen molar-refractivity contribution in [1.29, 1.82) is 0 Å². The number of halogens is 1. The predicted molar refractivity (Wildman–Crippen MR) is 163 cm³/mol. The Morgan fingerprint density at radius 1 is 0.833 bits per heavy atom. The van der Waals surface area contributed by atoms with Crippen molar-refractivity contribution in [2.24, 2.45) is 10.9 Å². The minimum absolute atomic E-state index is 0.0788. The molecule has 0 bridgehead atoms. The smallest absolute Gasteiger partial charge is 0.233 e. The number of β-lactam (4-membered cyclic amide) rings is 1. The van der Waals surface area contributed by atoms with Gasteiger partial charge in [-0.1, -0.05) is 36.4 Å². The molecule has 0 aliphatic carbocycles. The van der Waals surface area contributed by atoms with E-state index in [-0.39, 0.29) is 29.8 Å². The second-order valence-electron chi connectivity index (χ2n) is 10.3. The van der Waals surface area contributed by atoms with Gasteiger partial charge in [0, 0.05) is 19.0 Å². The van der Waals surface area contributed by atoms with Crippen molar-refractivity contribution in [3.8, 4) is 11.5 Å². The van der Waals surface area contributed by atoms with Crippen LogP contribution in [-0.4, -0.2) is 33.5 Å². The summed E-state index contributed by atoms with van der Waals surface area (Å²) >= 11 is 0. The molecule has 3 atom stereocenters. The largest absolute Gasteiger partial charge is 0.497 e. The summed E-state index contributed by atoms with van der Waals surface area (Å²) in [4.78, 5) is 20.0. The molecule has 1 amide bonds. The monoisotopic (exact) mass is 566 g/mol. The first-order valence-electron chi connectivity index (χ1n) is 14.0. The van der Waals surface area contributed by atoms with E-state index in [1.165, 1.54) is 12.1 Å². The fourth-order valence-electron chi connectivity index (χ4n) is 5.44. The van der Waals surface area contributed by atoms with Crippen LogP contribution in [-0.2, 0) is 16.1 Å². The Morgan fingerprint density at radius 2 is 1.45 bits per heavy atom. The maximum absolute atomic E-state index is 13.6. The zero-order valence-electron chi connectivity index (χ0n) is 24.1. The number of nitrogens with zero attached hydrogens (tertiary/aromatic N) is 2. The van der Waals surface area contributed by atoms with Gasteiger partial charge in [-0.3, -0.25) is 9.79 Å². The molecular formula is C35H35FN2O4. The molecule has 1 fully saturated rings. The zero-order chi connectivity index (χ0) is 29.5. The van der Waals surface area contributed by atoms with Crippen molar-refractivity contribution in [3.63, 3.8) is 0 Å². The maximum Gasteiger partial charge on any atom is 0.233 e. The lowest BCUT2D eigenvalue weighted by Gasteiger charge is -2.48. The van der Waals surface area contributed by atoms with Crippen molar-refractivity contribution in [2.75, 3.05) is 26.2 Å². The van der Waals surface area contributed by atoms with E-state index in [0.29, 0.717) is 19.4 Å². The lowest BCUT2D eigenvalue weighted by Crippen LogP contribution is -2.55. The van der Waals surface area contributed by atoms with Gasteiger partial charge in [0.15, 0.2) is 0 Å². The van der Waals surface area contributed by atoms with Gasteiger partial charge in [-0.05, 0) is 95.8 Å². The maximum atomic E-state index is 13.6. The van der Waals surface area contributed by atoms with E-state index in [9.17, 15) is 9.18 Å². The lowest BCUT2D eigenvalue weighted by atomic mass is 9.78. The number of aliphatic imine (C=N–C) groups is 1. The molecule has 1 aliphatic rings. The Bertz CT molecular complexity index is 1490. The van der Waals surface area contributed by atoms with Gasteiger partial charge in [-0.25, -0.2) is 4.39 Å². The normalized spacial score (nSPS) is 17.2. The average Bonchev–Trinajstić information content (AvgIpc) is 3.03. The Kier molecular flexibility index (Phi) is 9.29. The molecule has 7 heteroatoms. The van der Waals surface area contributed by atoms with Crippen molar-refractivity contribution in [3.05, 3.63) is 125 Å². The number of benzene rings is 4. The molecular weight excluding hydrogens is 531 g/mol. The molecule has 1 aliphatic heterocycles. The van der Waals surface area contributed by atoms with Gasteiger partial charge in [-0.2, -0.15) is 0 Å². The lowest BCUT2D eigenvalue weighted by molar-refractivity contribution is -0.131. The van der Waals surface area contributed by atoms with Gasteiger partial charge in [0.2, 0.25) is 5.91 Å². The SMILES string of the molecule is COc1ccc(C=NCc2ccc(N3C(=O)[C@H](CC[C@H](OC)c4ccc(F)cc4)[C@H]3c3ccc(OC)cc3)cc2)cc1. The first-order chi connectivity index (χ1) is 20.5. The van der Waals surface area contributed by atoms with Gasteiger partial charge in [0.05, 0.1) is 38.8 Å². The second-order valence-corrected chi connectivity index (χ2v) is 10.3. The third-order valence-corrected chi connectivity index (χ3v) is 7.78. The highest BCUT2D eigenvalue weighted by molar-refractivity contribution is 6.03. The first kappa shape index (κ1) is 29.0. The van der Waals surface area contributed by atoms with Gasteiger partial charge in [0.1, 0.15) is 17.3 Å². The van der Waals surface area contributed by atoms with Crippen LogP contribution in [0.5, 0.6) is 11.5 Å². The number of rotatable bonds is 12. The Morgan fingerprint density at radius 3 is 2.05 bits per heavy atom. The fourth-order valence-corrected chi connectivity index (χ4v) is 5.44. The van der Waals surface area contributed by atoms with Crippen LogP contribution in [0.4, 0.5) is 10.1 Å². The summed E-state index contributed by atoms with van der Waals surface area (Å²) < 4.78 is 29.7. The number of hydrogen-bond acceptors (Lipinski definition) is 5. The van der Waals surface area contributed by atoms with Gasteiger partial charge >= 0.3 is 0 Å². The van der Waals surface area contributed by atoms with Crippen molar-refractivity contribution >= 4 is 17.8 Å². The Hall–Kier alpha value is -4.49. The Balaban J connectivity index is 1.30. The molecule has 0 N–H and O–H groups in total. The number of anilines is 1. The van der Waals surface area contributed by atoms with Crippen LogP contribution in [0.3, 0.4) is 0 Å². The number of amides is 1. The molecule has 1 heterocycles. The van der Waals surface area contributed by atoms with Gasteiger partial charge in [0.25, 0.3) is 0 Å². The number of ether oxygens (including phenoxy) is 3. The van der Waals surface area contributed by atoms with Crippen LogP contribution in [0.15, 0.2) is 102 Å². The second kappa shape index (κ2) is 13.4. The molecule has 0 spiro atoms. The van der Waals surface area contributed by atoms with E-state index >= 15 is 0 Å². The van der Waals surface area contributed by atoms with E-state index in [1.807, 2.05) is 83.9 Å². The summed E-state index contributed by atoms with van der Waals surface area (Å²) in [7, 11) is 4.93. The standard InChI is InChI=1S/C35H35FN2O4/c1-40-30-16-6-25(7-17-30)23-37-22-24-4-14-29(15-5-24)38-34(27-10-18-31(41-2)19-11-27)32(35(38)39)20-21-33(42-3)26-8-12-28(36)13-9-26/h4-19,23,32-34H,20-22H2,1-3H3/t32-,33+,34-/m1/s1. The van der Waals surface area contributed by atoms with Crippen molar-refractivity contribution in [2.45, 2.75) is 31.5 Å². The number of hydrogen-bond donors (Lipinski definition) is 0. The molecule has 4 aromatic carbocycles. The van der Waals surface area contributed by atoms with Crippen LogP contribution >= 0.6 is 0 Å². The van der Waals surface area contributed by atoms with Crippen LogP contribution < -0.4 is 14.4 Å². The summed E-state index contributed by atoms with van der Waals surface area (Å²) in [6.45, 7) is 0.534. The molecule has 0 unspecified atom stereocenters. The van der Waals surface area contributed by atoms with Gasteiger partial charge < -0.3 is 19.1 Å². The van der Waals surface area contributed by atoms with E-state index in [0.717, 1.165) is 39.4 Å². The molecule has 4 aromatic rings. The summed E-state index contributed by atoms with van der Waals surface area (Å²) in [5.41, 5.74) is 4.85. The predicted octanol–water partition coefficient (Wildman–Crippen LogP) is 7.33. The summed E-state index contributed by atoms with van der Waals surface area (Å²) in [5, 5.41) is 0. The highest BCUT2D eigenvalue weighted by atomic mass is 19.1. The fraction of sp³-hybridized carbons (Fsp3) is 0.257. The summed E-state index contributed by atoms with van der Waals surface area (Å²) in [6, 6.07) is 29.9. The number of carbonyl (C=O) groups is 1. The highest BCUT2D eigenvalue weighted by Crippen LogP contribution is 2.46. The molecule has 1 saturated heterocycles. The number of carbonyl (C=O) groups excluding carboxylic acids is 1. The molecule has 5 rings (SSSR count). The zero-order valence-corrected chi connectivity index (χ0v) is 24.1. The molecule has 0 aromatic heterocycles. The molecule has 0 radical (unpaired) electrons. The third-order valence-electron chi connectivity index (χ3n) is 7.78. The Labute approximate surface area is 246 Å².